The molecule has 1 amide bonds. The van der Waals surface area contributed by atoms with Crippen LogP contribution >= 0.6 is 0 Å². The van der Waals surface area contributed by atoms with E-state index < -0.39 is 30.3 Å². The molecule has 0 saturated heterocycles. The van der Waals surface area contributed by atoms with Crippen LogP contribution in [0.15, 0.2) is 89.9 Å². The average molecular weight is 505 g/mol. The quantitative estimate of drug-likeness (QED) is 0.281. The molecule has 4 N–H and O–H groups in total. The second-order valence-electron chi connectivity index (χ2n) is 8.91. The molecule has 3 atom stereocenters. The Balaban J connectivity index is 1.73. The second kappa shape index (κ2) is 12.5. The normalized spacial score (nSPS) is 19.5. The van der Waals surface area contributed by atoms with E-state index in [1.54, 1.807) is 12.1 Å². The number of rotatable bonds is 12. The van der Waals surface area contributed by atoms with Crippen molar-refractivity contribution in [3.63, 3.8) is 0 Å². The van der Waals surface area contributed by atoms with Crippen molar-refractivity contribution in [1.82, 2.24) is 5.32 Å². The van der Waals surface area contributed by atoms with Crippen LogP contribution in [0.1, 0.15) is 29.2 Å². The maximum absolute atomic E-state index is 13.8. The summed E-state index contributed by atoms with van der Waals surface area (Å²) >= 11 is 0. The van der Waals surface area contributed by atoms with Crippen molar-refractivity contribution < 1.29 is 29.6 Å². The number of nitrogens with zero attached hydrogens (tertiary/aromatic N) is 1. The van der Waals surface area contributed by atoms with E-state index >= 15 is 0 Å². The number of nitrogens with one attached hydrogen (secondary N) is 1. The smallest absolute Gasteiger partial charge is 0.252 e. The van der Waals surface area contributed by atoms with Crippen molar-refractivity contribution in [3.05, 3.63) is 102 Å². The number of aliphatic imine (C=N–C) groups is 1. The first kappa shape index (κ1) is 26.3. The molecule has 1 aliphatic heterocycles. The SMILES string of the molecule is O=C(NCC(O)CO)[C@]1(Cc2ccccc2)N=C(c2ccc(OCCCO)cc2)O[C@@H]1c1ccccc1. The first-order chi connectivity index (χ1) is 18.1. The van der Waals surface area contributed by atoms with Gasteiger partial charge in [0.05, 0.1) is 19.3 Å². The predicted octanol–water partition coefficient (Wildman–Crippen LogP) is 2.42. The number of carbonyl (C=O) groups is 1. The van der Waals surface area contributed by atoms with Crippen LogP contribution in [0.2, 0.25) is 0 Å². The fraction of sp³-hybridized carbons (Fsp3) is 0.310. The van der Waals surface area contributed by atoms with Crippen molar-refractivity contribution in [2.45, 2.75) is 30.6 Å². The number of hydrogen-bond acceptors (Lipinski definition) is 7. The zero-order valence-corrected chi connectivity index (χ0v) is 20.5. The lowest BCUT2D eigenvalue weighted by Crippen LogP contribution is -2.51. The number of ether oxygens (including phenoxy) is 2. The lowest BCUT2D eigenvalue weighted by atomic mass is 9.82. The standard InChI is InChI=1S/C29H32N2O6/c32-16-7-17-36-25-14-12-23(13-15-25)27-31-29(18-21-8-3-1-4-9-21,28(35)30-19-24(34)20-33)26(37-27)22-10-5-2-6-11-22/h1-6,8-15,24,26,32-34H,7,16-20H2,(H,30,35)/t24?,26-,29-/m1/s1. The van der Waals surface area contributed by atoms with Crippen LogP contribution in [0, 0.1) is 0 Å². The number of carbonyl (C=O) groups excluding carboxylic acids is 1. The summed E-state index contributed by atoms with van der Waals surface area (Å²) in [6.45, 7) is -0.113. The molecule has 3 aromatic carbocycles. The molecule has 194 valence electrons. The molecule has 4 rings (SSSR count). The van der Waals surface area contributed by atoms with E-state index in [0.717, 1.165) is 11.1 Å². The van der Waals surface area contributed by atoms with E-state index in [-0.39, 0.29) is 19.6 Å². The van der Waals surface area contributed by atoms with Crippen LogP contribution in [0.5, 0.6) is 5.75 Å². The Labute approximate surface area is 216 Å². The molecule has 1 unspecified atom stereocenters. The minimum Gasteiger partial charge on any atom is -0.494 e. The summed E-state index contributed by atoms with van der Waals surface area (Å²) in [4.78, 5) is 18.7. The second-order valence-corrected chi connectivity index (χ2v) is 8.91. The summed E-state index contributed by atoms with van der Waals surface area (Å²) in [5.41, 5.74) is 1.03. The Bertz CT molecular complexity index is 1170. The first-order valence-corrected chi connectivity index (χ1v) is 12.3. The molecule has 0 aromatic heterocycles. The summed E-state index contributed by atoms with van der Waals surface area (Å²) in [5, 5.41) is 30.9. The Morgan fingerprint density at radius 2 is 1.68 bits per heavy atom. The molecular formula is C29H32N2O6. The summed E-state index contributed by atoms with van der Waals surface area (Å²) in [6, 6.07) is 26.3. The summed E-state index contributed by atoms with van der Waals surface area (Å²) < 4.78 is 12.0. The highest BCUT2D eigenvalue weighted by Crippen LogP contribution is 2.42. The summed E-state index contributed by atoms with van der Waals surface area (Å²) in [7, 11) is 0. The van der Waals surface area contributed by atoms with Gasteiger partial charge >= 0.3 is 0 Å². The number of hydrogen-bond donors (Lipinski definition) is 4. The van der Waals surface area contributed by atoms with E-state index in [1.165, 1.54) is 0 Å². The van der Waals surface area contributed by atoms with Crippen molar-refractivity contribution in [1.29, 1.82) is 0 Å². The van der Waals surface area contributed by atoms with Crippen LogP contribution in [0.4, 0.5) is 0 Å². The van der Waals surface area contributed by atoms with Gasteiger partial charge in [-0.15, -0.1) is 0 Å². The molecule has 0 aliphatic carbocycles. The van der Waals surface area contributed by atoms with Gasteiger partial charge in [0.15, 0.2) is 11.6 Å². The van der Waals surface area contributed by atoms with Gasteiger partial charge in [0.1, 0.15) is 5.75 Å². The van der Waals surface area contributed by atoms with E-state index in [0.29, 0.717) is 30.2 Å². The molecule has 0 fully saturated rings. The number of benzene rings is 3. The Morgan fingerprint density at radius 3 is 2.32 bits per heavy atom. The van der Waals surface area contributed by atoms with Gasteiger partial charge < -0.3 is 30.1 Å². The molecular weight excluding hydrogens is 472 g/mol. The molecule has 0 radical (unpaired) electrons. The maximum Gasteiger partial charge on any atom is 0.252 e. The predicted molar refractivity (Wildman–Crippen MR) is 139 cm³/mol. The summed E-state index contributed by atoms with van der Waals surface area (Å²) in [6.07, 6.45) is -1.01. The lowest BCUT2D eigenvalue weighted by molar-refractivity contribution is -0.129. The molecule has 1 aliphatic rings. The van der Waals surface area contributed by atoms with Crippen LogP contribution in [-0.2, 0) is 16.0 Å². The summed E-state index contributed by atoms with van der Waals surface area (Å²) in [5.74, 6) is 0.572. The Morgan fingerprint density at radius 1 is 1.00 bits per heavy atom. The van der Waals surface area contributed by atoms with Crippen molar-refractivity contribution in [2.24, 2.45) is 4.99 Å². The van der Waals surface area contributed by atoms with E-state index in [1.807, 2.05) is 72.8 Å². The highest BCUT2D eigenvalue weighted by molar-refractivity contribution is 6.01. The molecule has 37 heavy (non-hydrogen) atoms. The van der Waals surface area contributed by atoms with Gasteiger partial charge in [-0.25, -0.2) is 4.99 Å². The third kappa shape index (κ3) is 6.35. The van der Waals surface area contributed by atoms with Gasteiger partial charge in [-0.05, 0) is 35.4 Å². The molecule has 0 saturated carbocycles. The van der Waals surface area contributed by atoms with Crippen LogP contribution in [0.3, 0.4) is 0 Å². The fourth-order valence-corrected chi connectivity index (χ4v) is 4.25. The molecule has 1 heterocycles. The third-order valence-corrected chi connectivity index (χ3v) is 6.16. The molecule has 3 aromatic rings. The lowest BCUT2D eigenvalue weighted by Gasteiger charge is -2.31. The van der Waals surface area contributed by atoms with E-state index in [9.17, 15) is 15.0 Å². The van der Waals surface area contributed by atoms with Crippen LogP contribution in [0.25, 0.3) is 0 Å². The van der Waals surface area contributed by atoms with Gasteiger partial charge in [-0.1, -0.05) is 60.7 Å². The maximum atomic E-state index is 13.8. The van der Waals surface area contributed by atoms with Crippen molar-refractivity contribution in [2.75, 3.05) is 26.4 Å². The molecule has 8 heteroatoms. The van der Waals surface area contributed by atoms with Gasteiger partial charge in [-0.3, -0.25) is 4.79 Å². The van der Waals surface area contributed by atoms with E-state index in [4.69, 9.17) is 19.6 Å². The van der Waals surface area contributed by atoms with E-state index in [2.05, 4.69) is 5.32 Å². The van der Waals surface area contributed by atoms with Gasteiger partial charge in [0.25, 0.3) is 5.91 Å². The van der Waals surface area contributed by atoms with Crippen LogP contribution < -0.4 is 10.1 Å². The molecule has 8 nitrogen and oxygen atoms in total. The number of aliphatic hydroxyl groups is 3. The Kier molecular flexibility index (Phi) is 8.90. The largest absolute Gasteiger partial charge is 0.494 e. The highest BCUT2D eigenvalue weighted by Gasteiger charge is 2.53. The number of amides is 1. The van der Waals surface area contributed by atoms with Crippen LogP contribution in [-0.4, -0.2) is 65.1 Å². The van der Waals surface area contributed by atoms with Crippen molar-refractivity contribution in [3.8, 4) is 5.75 Å². The first-order valence-electron chi connectivity index (χ1n) is 12.3. The highest BCUT2D eigenvalue weighted by atomic mass is 16.5. The average Bonchev–Trinajstić information content (AvgIpc) is 3.33. The zero-order valence-electron chi connectivity index (χ0n) is 20.5. The zero-order chi connectivity index (χ0) is 26.1. The minimum atomic E-state index is -1.36. The number of aliphatic hydroxyl groups excluding tert-OH is 3. The monoisotopic (exact) mass is 504 g/mol. The van der Waals surface area contributed by atoms with Crippen molar-refractivity contribution >= 4 is 11.8 Å². The van der Waals surface area contributed by atoms with Gasteiger partial charge in [0, 0.05) is 31.6 Å². The van der Waals surface area contributed by atoms with Gasteiger partial charge in [0.2, 0.25) is 5.90 Å². The topological polar surface area (TPSA) is 121 Å². The third-order valence-electron chi connectivity index (χ3n) is 6.16. The van der Waals surface area contributed by atoms with Gasteiger partial charge in [-0.2, -0.15) is 0 Å². The molecule has 0 spiro atoms. The minimum absolute atomic E-state index is 0.0600. The molecule has 0 bridgehead atoms. The Hall–Kier alpha value is -3.72. The fourth-order valence-electron chi connectivity index (χ4n) is 4.25.